The minimum absolute atomic E-state index is 0.0218. The van der Waals surface area contributed by atoms with Gasteiger partial charge in [0.2, 0.25) is 0 Å². The predicted molar refractivity (Wildman–Crippen MR) is 131 cm³/mol. The molecule has 0 saturated carbocycles. The van der Waals surface area contributed by atoms with E-state index in [1.807, 2.05) is 25.9 Å². The van der Waals surface area contributed by atoms with Gasteiger partial charge in [0, 0.05) is 19.2 Å². The van der Waals surface area contributed by atoms with Crippen molar-refractivity contribution < 1.29 is 9.53 Å². The van der Waals surface area contributed by atoms with Crippen LogP contribution in [0.1, 0.15) is 117 Å². The topological polar surface area (TPSA) is 29.5 Å². The molecule has 0 aliphatic rings. The smallest absolute Gasteiger partial charge is 0.302 e. The Labute approximate surface area is 187 Å². The summed E-state index contributed by atoms with van der Waals surface area (Å²) < 4.78 is 5.39. The molecule has 1 atom stereocenters. The Bertz CT molecular complexity index is 350. The second-order valence-electron chi connectivity index (χ2n) is 8.87. The van der Waals surface area contributed by atoms with Crippen molar-refractivity contribution in [2.75, 3.05) is 32.1 Å². The van der Waals surface area contributed by atoms with Gasteiger partial charge in [-0.2, -0.15) is 11.8 Å². The Morgan fingerprint density at radius 3 is 1.55 bits per heavy atom. The fraction of sp³-hybridized carbons (Fsp3) is 0.960. The van der Waals surface area contributed by atoms with Crippen LogP contribution in [0.4, 0.5) is 0 Å². The Balaban J connectivity index is 3.27. The molecule has 0 aromatic carbocycles. The summed E-state index contributed by atoms with van der Waals surface area (Å²) in [5.41, 5.74) is 0. The van der Waals surface area contributed by atoms with Crippen molar-refractivity contribution in [3.05, 3.63) is 0 Å². The molecular formula is C25H51NO2S. The van der Waals surface area contributed by atoms with Crippen LogP contribution in [-0.2, 0) is 9.53 Å². The number of carbonyl (C=O) groups is 1. The van der Waals surface area contributed by atoms with E-state index in [-0.39, 0.29) is 12.1 Å². The first kappa shape index (κ1) is 28.8. The minimum Gasteiger partial charge on any atom is -0.460 e. The van der Waals surface area contributed by atoms with Gasteiger partial charge in [-0.1, -0.05) is 103 Å². The molecule has 0 rings (SSSR count). The number of unbranched alkanes of at least 4 members (excludes halogenated alkanes) is 15. The van der Waals surface area contributed by atoms with Crippen LogP contribution in [0.5, 0.6) is 0 Å². The molecule has 0 aromatic heterocycles. The van der Waals surface area contributed by atoms with E-state index >= 15 is 0 Å². The molecule has 0 spiro atoms. The van der Waals surface area contributed by atoms with Gasteiger partial charge in [-0.3, -0.25) is 4.79 Å². The highest BCUT2D eigenvalue weighted by molar-refractivity contribution is 7.99. The van der Waals surface area contributed by atoms with Gasteiger partial charge in [0.15, 0.2) is 0 Å². The molecule has 0 aromatic rings. The lowest BCUT2D eigenvalue weighted by Crippen LogP contribution is -2.31. The number of hydrogen-bond donors (Lipinski definition) is 0. The van der Waals surface area contributed by atoms with Gasteiger partial charge in [-0.05, 0) is 26.3 Å². The SMILES string of the molecule is CCCCCCCCCCCCCCCCCCSCC(CN(C)C)OC(C)=O. The van der Waals surface area contributed by atoms with Crippen molar-refractivity contribution in [2.45, 2.75) is 123 Å². The Morgan fingerprint density at radius 2 is 1.17 bits per heavy atom. The summed E-state index contributed by atoms with van der Waals surface area (Å²) in [5, 5.41) is 0. The molecular weight excluding hydrogens is 378 g/mol. The first-order chi connectivity index (χ1) is 14.1. The zero-order chi connectivity index (χ0) is 21.6. The zero-order valence-corrected chi connectivity index (χ0v) is 21.0. The molecule has 3 nitrogen and oxygen atoms in total. The lowest BCUT2D eigenvalue weighted by atomic mass is 10.0. The number of hydrogen-bond acceptors (Lipinski definition) is 4. The van der Waals surface area contributed by atoms with Gasteiger partial charge < -0.3 is 9.64 Å². The van der Waals surface area contributed by atoms with Crippen LogP contribution in [0, 0.1) is 0 Å². The third-order valence-corrected chi connectivity index (χ3v) is 6.53. The van der Waals surface area contributed by atoms with E-state index in [1.54, 1.807) is 0 Å². The van der Waals surface area contributed by atoms with Crippen molar-refractivity contribution in [3.63, 3.8) is 0 Å². The maximum atomic E-state index is 11.2. The number of nitrogens with zero attached hydrogens (tertiary/aromatic N) is 1. The van der Waals surface area contributed by atoms with E-state index < -0.39 is 0 Å². The van der Waals surface area contributed by atoms with Crippen LogP contribution >= 0.6 is 11.8 Å². The third-order valence-electron chi connectivity index (χ3n) is 5.35. The largest absolute Gasteiger partial charge is 0.460 e. The van der Waals surface area contributed by atoms with Crippen LogP contribution < -0.4 is 0 Å². The van der Waals surface area contributed by atoms with Crippen molar-refractivity contribution in [2.24, 2.45) is 0 Å². The summed E-state index contributed by atoms with van der Waals surface area (Å²) >= 11 is 1.93. The maximum absolute atomic E-state index is 11.2. The van der Waals surface area contributed by atoms with Gasteiger partial charge in [-0.15, -0.1) is 0 Å². The van der Waals surface area contributed by atoms with Crippen LogP contribution in [0.25, 0.3) is 0 Å². The first-order valence-electron chi connectivity index (χ1n) is 12.5. The van der Waals surface area contributed by atoms with Gasteiger partial charge in [0.1, 0.15) is 6.10 Å². The summed E-state index contributed by atoms with van der Waals surface area (Å²) in [6.45, 7) is 4.60. The van der Waals surface area contributed by atoms with Gasteiger partial charge in [0.05, 0.1) is 0 Å². The van der Waals surface area contributed by atoms with E-state index in [2.05, 4.69) is 11.8 Å². The van der Waals surface area contributed by atoms with Gasteiger partial charge in [-0.25, -0.2) is 0 Å². The van der Waals surface area contributed by atoms with Crippen molar-refractivity contribution in [3.8, 4) is 0 Å². The fourth-order valence-electron chi connectivity index (χ4n) is 3.73. The highest BCUT2D eigenvalue weighted by Crippen LogP contribution is 2.15. The lowest BCUT2D eigenvalue weighted by molar-refractivity contribution is -0.145. The lowest BCUT2D eigenvalue weighted by Gasteiger charge is -2.20. The normalized spacial score (nSPS) is 12.4. The summed E-state index contributed by atoms with van der Waals surface area (Å²) in [5.74, 6) is 1.93. The van der Waals surface area contributed by atoms with Crippen molar-refractivity contribution >= 4 is 17.7 Å². The van der Waals surface area contributed by atoms with E-state index in [4.69, 9.17) is 4.74 Å². The number of likely N-dealkylation sites (N-methyl/N-ethyl adjacent to an activating group) is 1. The second kappa shape index (κ2) is 22.5. The Kier molecular flexibility index (Phi) is 22.3. The van der Waals surface area contributed by atoms with Crippen molar-refractivity contribution in [1.82, 2.24) is 4.90 Å². The summed E-state index contributed by atoms with van der Waals surface area (Å²) in [6.07, 6.45) is 22.7. The van der Waals surface area contributed by atoms with E-state index in [9.17, 15) is 4.79 Å². The average molecular weight is 430 g/mol. The quantitative estimate of drug-likeness (QED) is 0.132. The highest BCUT2D eigenvalue weighted by atomic mass is 32.2. The summed E-state index contributed by atoms with van der Waals surface area (Å²) in [6, 6.07) is 0. The molecule has 29 heavy (non-hydrogen) atoms. The van der Waals surface area contributed by atoms with Crippen molar-refractivity contribution in [1.29, 1.82) is 0 Å². The van der Waals surface area contributed by atoms with E-state index in [0.717, 1.165) is 12.3 Å². The van der Waals surface area contributed by atoms with Crippen LogP contribution in [0.2, 0.25) is 0 Å². The Morgan fingerprint density at radius 1 is 0.759 bits per heavy atom. The molecule has 174 valence electrons. The molecule has 0 aliphatic heterocycles. The van der Waals surface area contributed by atoms with E-state index in [0.29, 0.717) is 0 Å². The zero-order valence-electron chi connectivity index (χ0n) is 20.2. The standard InChI is InChI=1S/C25H51NO2S/c1-5-6-7-8-9-10-11-12-13-14-15-16-17-18-19-20-21-29-23-25(22-26(3)4)28-24(2)27/h25H,5-23H2,1-4H3. The number of esters is 1. The summed E-state index contributed by atoms with van der Waals surface area (Å²) in [7, 11) is 4.05. The monoisotopic (exact) mass is 429 g/mol. The van der Waals surface area contributed by atoms with E-state index in [1.165, 1.54) is 115 Å². The summed E-state index contributed by atoms with van der Waals surface area (Å²) in [4.78, 5) is 13.3. The molecule has 0 fully saturated rings. The average Bonchev–Trinajstić information content (AvgIpc) is 2.66. The molecule has 0 saturated heterocycles. The predicted octanol–water partition coefficient (Wildman–Crippen LogP) is 7.47. The van der Waals surface area contributed by atoms with Gasteiger partial charge in [0.25, 0.3) is 0 Å². The van der Waals surface area contributed by atoms with Crippen LogP contribution in [0.3, 0.4) is 0 Å². The molecule has 0 heterocycles. The maximum Gasteiger partial charge on any atom is 0.302 e. The van der Waals surface area contributed by atoms with Crippen LogP contribution in [0.15, 0.2) is 0 Å². The number of carbonyl (C=O) groups excluding carboxylic acids is 1. The second-order valence-corrected chi connectivity index (χ2v) is 10.0. The molecule has 0 N–H and O–H groups in total. The molecule has 0 bridgehead atoms. The molecule has 0 amide bonds. The number of thioether (sulfide) groups is 1. The molecule has 0 radical (unpaired) electrons. The number of ether oxygens (including phenoxy) is 1. The fourth-order valence-corrected chi connectivity index (χ4v) is 4.74. The van der Waals surface area contributed by atoms with Gasteiger partial charge >= 0.3 is 5.97 Å². The minimum atomic E-state index is -0.167. The molecule has 1 unspecified atom stereocenters. The highest BCUT2D eigenvalue weighted by Gasteiger charge is 2.13. The van der Waals surface area contributed by atoms with Crippen LogP contribution in [-0.4, -0.2) is 49.1 Å². The number of rotatable bonds is 22. The Hall–Kier alpha value is -0.220. The third kappa shape index (κ3) is 23.9. The molecule has 4 heteroatoms. The first-order valence-corrected chi connectivity index (χ1v) is 13.6. The molecule has 0 aliphatic carbocycles.